The molecule has 3 N–H and O–H groups in total. The molecule has 4 nitrogen and oxygen atoms in total. The van der Waals surface area contributed by atoms with E-state index < -0.39 is 0 Å². The maximum Gasteiger partial charge on any atom is 0.211 e. The molecule has 0 aromatic heterocycles. The lowest BCUT2D eigenvalue weighted by atomic mass is 10.2. The first-order chi connectivity index (χ1) is 11.9. The van der Waals surface area contributed by atoms with Gasteiger partial charge in [-0.25, -0.2) is 0 Å². The highest BCUT2D eigenvalue weighted by molar-refractivity contribution is 9.10. The van der Waals surface area contributed by atoms with Crippen LogP contribution < -0.4 is 11.1 Å². The van der Waals surface area contributed by atoms with E-state index in [0.717, 1.165) is 44.7 Å². The van der Waals surface area contributed by atoms with Gasteiger partial charge < -0.3 is 15.8 Å². The number of halogens is 2. The summed E-state index contributed by atoms with van der Waals surface area (Å²) in [5.74, 6) is 0. The van der Waals surface area contributed by atoms with Crippen molar-refractivity contribution >= 4 is 49.6 Å². The Morgan fingerprint density at radius 2 is 1.56 bits per heavy atom. The molecule has 1 amide bonds. The summed E-state index contributed by atoms with van der Waals surface area (Å²) in [6, 6.07) is 11.5. The Balaban J connectivity index is 0.000000200. The molecule has 0 radical (unpaired) electrons. The van der Waals surface area contributed by atoms with Crippen molar-refractivity contribution in [3.8, 4) is 0 Å². The molecule has 1 heterocycles. The normalized spacial score (nSPS) is 12.3. The van der Waals surface area contributed by atoms with Crippen molar-refractivity contribution < 1.29 is 9.53 Å². The summed E-state index contributed by atoms with van der Waals surface area (Å²) in [4.78, 5) is 10.1. The summed E-state index contributed by atoms with van der Waals surface area (Å²) in [6.45, 7) is 5.93. The van der Waals surface area contributed by atoms with Crippen LogP contribution in [0.2, 0.25) is 0 Å². The number of carbonyl (C=O) groups excluding carboxylic acids is 1. The van der Waals surface area contributed by atoms with Gasteiger partial charge in [0.25, 0.3) is 0 Å². The molecule has 1 aliphatic heterocycles. The largest absolute Gasteiger partial charge is 0.399 e. The third-order valence-electron chi connectivity index (χ3n) is 3.46. The second-order valence-electron chi connectivity index (χ2n) is 5.54. The molecular weight excluding hydrogens is 448 g/mol. The number of amides is 1. The van der Waals surface area contributed by atoms with Gasteiger partial charge in [0.15, 0.2) is 0 Å². The lowest BCUT2D eigenvalue weighted by molar-refractivity contribution is -0.105. The number of carbonyl (C=O) groups is 1. The first-order valence-electron chi connectivity index (χ1n) is 7.99. The van der Waals surface area contributed by atoms with Crippen molar-refractivity contribution in [2.24, 2.45) is 0 Å². The van der Waals surface area contributed by atoms with Gasteiger partial charge in [-0.15, -0.1) is 0 Å². The van der Waals surface area contributed by atoms with Gasteiger partial charge in [-0.3, -0.25) is 4.79 Å². The van der Waals surface area contributed by atoms with Crippen LogP contribution in [-0.2, 0) is 9.53 Å². The number of nitrogens with one attached hydrogen (secondary N) is 1. The Labute approximate surface area is 166 Å². The number of ether oxygens (including phenoxy) is 1. The third kappa shape index (κ3) is 9.05. The van der Waals surface area contributed by atoms with Crippen molar-refractivity contribution in [2.75, 3.05) is 24.3 Å². The van der Waals surface area contributed by atoms with Crippen LogP contribution in [-0.4, -0.2) is 19.6 Å². The molecular formula is C19H24Br2N2O2. The Bertz CT molecular complexity index is 667. The highest BCUT2D eigenvalue weighted by Gasteiger charge is 1.96. The average molecular weight is 472 g/mol. The molecule has 0 aliphatic carbocycles. The Hall–Kier alpha value is -1.37. The summed E-state index contributed by atoms with van der Waals surface area (Å²) in [7, 11) is 0. The molecule has 0 atom stereocenters. The average Bonchev–Trinajstić information content (AvgIpc) is 3.14. The lowest BCUT2D eigenvalue weighted by Crippen LogP contribution is -1.95. The van der Waals surface area contributed by atoms with Crippen molar-refractivity contribution in [1.29, 1.82) is 0 Å². The van der Waals surface area contributed by atoms with E-state index in [0.29, 0.717) is 6.41 Å². The van der Waals surface area contributed by atoms with Gasteiger partial charge in [0, 0.05) is 33.5 Å². The van der Waals surface area contributed by atoms with Crippen LogP contribution in [0.4, 0.5) is 11.4 Å². The number of anilines is 2. The van der Waals surface area contributed by atoms with Crippen molar-refractivity contribution in [2.45, 2.75) is 26.7 Å². The van der Waals surface area contributed by atoms with E-state index in [1.54, 1.807) is 0 Å². The lowest BCUT2D eigenvalue weighted by Gasteiger charge is -2.02. The smallest absolute Gasteiger partial charge is 0.211 e. The standard InChI is InChI=1S/C8H8BrNO.C7H8BrN.C4H8O/c1-6-4-7(9)2-3-8(6)10-5-11;1-5-4-6(8)2-3-7(5)9;1-2-4-5-3-1/h2-5H,1H3,(H,10,11);2-4H,9H2,1H3;1-4H2. The van der Waals surface area contributed by atoms with Gasteiger partial charge in [-0.05, 0) is 74.2 Å². The molecule has 0 saturated carbocycles. The van der Waals surface area contributed by atoms with E-state index in [1.807, 2.05) is 50.2 Å². The van der Waals surface area contributed by atoms with E-state index in [4.69, 9.17) is 10.5 Å². The monoisotopic (exact) mass is 470 g/mol. The number of hydrogen-bond acceptors (Lipinski definition) is 3. The number of benzene rings is 2. The van der Waals surface area contributed by atoms with Gasteiger partial charge >= 0.3 is 0 Å². The first kappa shape index (κ1) is 21.7. The maximum atomic E-state index is 10.1. The molecule has 0 bridgehead atoms. The minimum Gasteiger partial charge on any atom is -0.399 e. The molecule has 136 valence electrons. The van der Waals surface area contributed by atoms with Crippen LogP contribution in [0, 0.1) is 13.8 Å². The third-order valence-corrected chi connectivity index (χ3v) is 4.45. The van der Waals surface area contributed by atoms with E-state index in [-0.39, 0.29) is 0 Å². The SMILES string of the molecule is C1CCOC1.Cc1cc(Br)ccc1N.Cc1cc(Br)ccc1NC=O. The fraction of sp³-hybridized carbons (Fsp3) is 0.316. The van der Waals surface area contributed by atoms with Gasteiger partial charge in [-0.1, -0.05) is 31.9 Å². The molecule has 25 heavy (non-hydrogen) atoms. The Morgan fingerprint density at radius 1 is 1.00 bits per heavy atom. The summed E-state index contributed by atoms with van der Waals surface area (Å²) < 4.78 is 7.04. The highest BCUT2D eigenvalue weighted by Crippen LogP contribution is 2.19. The predicted molar refractivity (Wildman–Crippen MR) is 112 cm³/mol. The number of nitrogens with two attached hydrogens (primary N) is 1. The molecule has 6 heteroatoms. The van der Waals surface area contributed by atoms with E-state index >= 15 is 0 Å². The van der Waals surface area contributed by atoms with Crippen LogP contribution in [0.25, 0.3) is 0 Å². The van der Waals surface area contributed by atoms with Gasteiger partial charge in [0.05, 0.1) is 0 Å². The zero-order chi connectivity index (χ0) is 18.7. The fourth-order valence-corrected chi connectivity index (χ4v) is 2.95. The summed E-state index contributed by atoms with van der Waals surface area (Å²) in [5.41, 5.74) is 9.43. The summed E-state index contributed by atoms with van der Waals surface area (Å²) in [6.07, 6.45) is 3.23. The summed E-state index contributed by atoms with van der Waals surface area (Å²) >= 11 is 6.67. The van der Waals surface area contributed by atoms with Crippen molar-refractivity contribution in [1.82, 2.24) is 0 Å². The van der Waals surface area contributed by atoms with Gasteiger partial charge in [0.1, 0.15) is 0 Å². The van der Waals surface area contributed by atoms with Crippen LogP contribution in [0.1, 0.15) is 24.0 Å². The molecule has 0 unspecified atom stereocenters. The van der Waals surface area contributed by atoms with Crippen LogP contribution in [0.15, 0.2) is 45.3 Å². The second-order valence-corrected chi connectivity index (χ2v) is 7.37. The predicted octanol–water partition coefficient (Wildman–Crippen LogP) is 5.46. The highest BCUT2D eigenvalue weighted by atomic mass is 79.9. The van der Waals surface area contributed by atoms with E-state index in [1.165, 1.54) is 12.8 Å². The maximum absolute atomic E-state index is 10.1. The van der Waals surface area contributed by atoms with Crippen molar-refractivity contribution in [3.63, 3.8) is 0 Å². The van der Waals surface area contributed by atoms with Crippen LogP contribution >= 0.6 is 31.9 Å². The molecule has 1 fully saturated rings. The quantitative estimate of drug-likeness (QED) is 0.451. The van der Waals surface area contributed by atoms with E-state index in [2.05, 4.69) is 37.2 Å². The van der Waals surface area contributed by atoms with Crippen LogP contribution in [0.3, 0.4) is 0 Å². The Morgan fingerprint density at radius 3 is 1.96 bits per heavy atom. The van der Waals surface area contributed by atoms with E-state index in [9.17, 15) is 4.79 Å². The fourth-order valence-electron chi connectivity index (χ4n) is 2.00. The molecule has 1 aliphatic rings. The second kappa shape index (κ2) is 12.1. The minimum absolute atomic E-state index is 0.677. The molecule has 1 saturated heterocycles. The zero-order valence-electron chi connectivity index (χ0n) is 14.5. The molecule has 2 aromatic carbocycles. The first-order valence-corrected chi connectivity index (χ1v) is 9.58. The molecule has 3 rings (SSSR count). The summed E-state index contributed by atoms with van der Waals surface area (Å²) in [5, 5.41) is 2.60. The van der Waals surface area contributed by atoms with Gasteiger partial charge in [0.2, 0.25) is 6.41 Å². The molecule has 0 spiro atoms. The topological polar surface area (TPSA) is 64.3 Å². The van der Waals surface area contributed by atoms with Gasteiger partial charge in [-0.2, -0.15) is 0 Å². The number of hydrogen-bond donors (Lipinski definition) is 2. The zero-order valence-corrected chi connectivity index (χ0v) is 17.7. The minimum atomic E-state index is 0.677. The molecule has 2 aromatic rings. The van der Waals surface area contributed by atoms with Crippen LogP contribution in [0.5, 0.6) is 0 Å². The van der Waals surface area contributed by atoms with Crippen molar-refractivity contribution in [3.05, 3.63) is 56.5 Å². The number of aryl methyl sites for hydroxylation is 2. The number of rotatable bonds is 2. The number of nitrogen functional groups attached to an aromatic ring is 1. The Kier molecular flexibility index (Phi) is 10.5.